The molecule has 16 aromatic rings. The quantitative estimate of drug-likeness (QED) is 0.146. The minimum atomic E-state index is 0.949. The highest BCUT2D eigenvalue weighted by atomic mass is 32.2. The van der Waals surface area contributed by atoms with Gasteiger partial charge in [-0.15, -0.1) is 5.10 Å². The van der Waals surface area contributed by atoms with Gasteiger partial charge in [-0.05, 0) is 101 Å². The number of nitrogens with zero attached hydrogens (tertiary/aromatic N) is 15. The predicted octanol–water partition coefficient (Wildman–Crippen LogP) is 14.9. The first kappa shape index (κ1) is 57.6. The number of hydrogen-bond donors (Lipinski definition) is 0. The molecule has 0 saturated heterocycles. The van der Waals surface area contributed by atoms with Gasteiger partial charge in [-0.25, -0.2) is 9.67 Å². The van der Waals surface area contributed by atoms with Crippen molar-refractivity contribution >= 4 is 99.7 Å². The summed E-state index contributed by atoms with van der Waals surface area (Å²) in [7, 11) is 15.8. The normalized spacial score (nSPS) is 11.0. The van der Waals surface area contributed by atoms with Crippen molar-refractivity contribution in [3.63, 3.8) is 0 Å². The highest BCUT2D eigenvalue weighted by molar-refractivity contribution is 7.99. The number of imidazole rings is 1. The fourth-order valence-corrected chi connectivity index (χ4v) is 10.7. The largest absolute Gasteiger partial charge is 0.356 e. The molecular weight excluding hydrogens is 1070 g/mol. The van der Waals surface area contributed by atoms with Gasteiger partial charge in [0.05, 0.1) is 51.5 Å². The lowest BCUT2D eigenvalue weighted by molar-refractivity contribution is 0.665. The van der Waals surface area contributed by atoms with E-state index in [0.717, 1.165) is 33.1 Å². The van der Waals surface area contributed by atoms with Crippen molar-refractivity contribution in [2.75, 3.05) is 11.9 Å². The zero-order chi connectivity index (χ0) is 59.1. The number of aromatic nitrogens is 14. The van der Waals surface area contributed by atoms with Crippen molar-refractivity contribution in [1.82, 2.24) is 68.2 Å². The summed E-state index contributed by atoms with van der Waals surface area (Å²) in [6.07, 6.45) is 12.0. The molecule has 0 fully saturated rings. The molecule has 0 aliphatic carbocycles. The number of para-hydroxylation sites is 7. The standard InChI is InChI=1S/C13H11NS.2C9H9N.3C8H8N2.2C7H7N3/c1-14-10-6-2-4-8-12(10)15-13-9-5-3-7-11(13)14;1-10-6-8-4-2-3-5-9(8)7-10;1-10-7-6-8-4-2-3-5-9(8)10;1-10-6-9-7-4-2-3-5-8(7)10;1-10-6-7-4-2-3-5-8(7)9-10;1-10-8-5-3-2-4-7(8)6-9-10;1-10-7-5-3-2-4-6(7)8-9-10;1-10-8-6-4-2-3-5-7(6)9-10/h2-9H,1H3;2*2-7H,1H3;3*2-6H,1H3;2*2-5H,1H3. The topological polar surface area (TPSA) is 128 Å². The summed E-state index contributed by atoms with van der Waals surface area (Å²) in [5, 5.41) is 30.7. The predicted molar refractivity (Wildman–Crippen MR) is 350 cm³/mol. The summed E-state index contributed by atoms with van der Waals surface area (Å²) in [5.74, 6) is 0. The van der Waals surface area contributed by atoms with E-state index in [0.29, 0.717) is 0 Å². The summed E-state index contributed by atoms with van der Waals surface area (Å²) in [5.41, 5.74) is 12.3. The Labute approximate surface area is 498 Å². The van der Waals surface area contributed by atoms with E-state index >= 15 is 0 Å². The van der Waals surface area contributed by atoms with Crippen molar-refractivity contribution in [2.24, 2.45) is 49.3 Å². The Kier molecular flexibility index (Phi) is 18.6. The molecule has 7 aromatic heterocycles. The number of anilines is 2. The summed E-state index contributed by atoms with van der Waals surface area (Å²) in [6, 6.07) is 75.9. The molecule has 1 aliphatic rings. The van der Waals surface area contributed by atoms with Gasteiger partial charge in [-0.2, -0.15) is 25.2 Å². The van der Waals surface area contributed by atoms with Crippen LogP contribution in [0.5, 0.6) is 0 Å². The molecule has 17 rings (SSSR count). The van der Waals surface area contributed by atoms with E-state index in [-0.39, 0.29) is 0 Å². The second-order valence-electron chi connectivity index (χ2n) is 20.0. The van der Waals surface area contributed by atoms with Crippen molar-refractivity contribution in [2.45, 2.75) is 9.79 Å². The Balaban J connectivity index is 0.000000108. The van der Waals surface area contributed by atoms with Crippen LogP contribution in [0, 0.1) is 0 Å². The Morgan fingerprint density at radius 3 is 1.41 bits per heavy atom. The fourth-order valence-electron chi connectivity index (χ4n) is 9.56. The molecule has 424 valence electrons. The smallest absolute Gasteiger partial charge is 0.113 e. The van der Waals surface area contributed by atoms with E-state index in [1.165, 1.54) is 64.6 Å². The van der Waals surface area contributed by atoms with Crippen molar-refractivity contribution in [3.05, 3.63) is 262 Å². The molecule has 16 heteroatoms. The zero-order valence-corrected chi connectivity index (χ0v) is 49.8. The van der Waals surface area contributed by atoms with Gasteiger partial charge >= 0.3 is 0 Å². The van der Waals surface area contributed by atoms with Crippen LogP contribution in [-0.2, 0) is 49.3 Å². The minimum absolute atomic E-state index is 0.949. The number of fused-ring (bicyclic) bond motifs is 9. The molecule has 0 spiro atoms. The van der Waals surface area contributed by atoms with E-state index in [1.807, 2.05) is 184 Å². The third-order valence-corrected chi connectivity index (χ3v) is 15.0. The molecule has 85 heavy (non-hydrogen) atoms. The molecule has 0 radical (unpaired) electrons. The van der Waals surface area contributed by atoms with Crippen LogP contribution in [0.3, 0.4) is 0 Å². The van der Waals surface area contributed by atoms with E-state index in [1.54, 1.807) is 9.48 Å². The molecule has 0 saturated carbocycles. The first-order chi connectivity index (χ1) is 41.4. The first-order valence-electron chi connectivity index (χ1n) is 27.7. The molecule has 0 N–H and O–H groups in total. The summed E-state index contributed by atoms with van der Waals surface area (Å²) in [6.45, 7) is 0. The zero-order valence-electron chi connectivity index (χ0n) is 48.9. The lowest BCUT2D eigenvalue weighted by Crippen LogP contribution is -2.14. The van der Waals surface area contributed by atoms with Crippen molar-refractivity contribution in [3.8, 4) is 0 Å². The van der Waals surface area contributed by atoms with E-state index in [2.05, 4.69) is 210 Å². The highest BCUT2D eigenvalue weighted by Gasteiger charge is 2.19. The van der Waals surface area contributed by atoms with Gasteiger partial charge in [0, 0.05) is 107 Å². The Morgan fingerprint density at radius 2 is 0.835 bits per heavy atom. The second kappa shape index (κ2) is 27.5. The van der Waals surface area contributed by atoms with Crippen LogP contribution in [0.25, 0.3) is 76.6 Å². The molecule has 1 aliphatic heterocycles. The van der Waals surface area contributed by atoms with Crippen LogP contribution in [0.4, 0.5) is 11.4 Å². The van der Waals surface area contributed by atoms with Crippen LogP contribution < -0.4 is 4.90 Å². The lowest BCUT2D eigenvalue weighted by atomic mass is 10.2. The Hall–Kier alpha value is -10.6. The first-order valence-corrected chi connectivity index (χ1v) is 28.5. The molecule has 0 unspecified atom stereocenters. The van der Waals surface area contributed by atoms with E-state index in [4.69, 9.17) is 0 Å². The Morgan fingerprint density at radius 1 is 0.353 bits per heavy atom. The van der Waals surface area contributed by atoms with Gasteiger partial charge in [-0.3, -0.25) is 9.36 Å². The van der Waals surface area contributed by atoms with Gasteiger partial charge in [0.15, 0.2) is 0 Å². The maximum Gasteiger partial charge on any atom is 0.113 e. The van der Waals surface area contributed by atoms with Crippen molar-refractivity contribution in [1.29, 1.82) is 0 Å². The second-order valence-corrected chi connectivity index (χ2v) is 21.1. The third kappa shape index (κ3) is 14.6. The van der Waals surface area contributed by atoms with Crippen LogP contribution in [0.2, 0.25) is 0 Å². The van der Waals surface area contributed by atoms with Crippen LogP contribution in [0.15, 0.2) is 272 Å². The van der Waals surface area contributed by atoms with Crippen LogP contribution >= 0.6 is 11.8 Å². The third-order valence-electron chi connectivity index (χ3n) is 13.9. The van der Waals surface area contributed by atoms with Crippen LogP contribution in [-0.4, -0.2) is 75.3 Å². The van der Waals surface area contributed by atoms with Gasteiger partial charge < -0.3 is 18.6 Å². The summed E-state index contributed by atoms with van der Waals surface area (Å²) < 4.78 is 11.7. The molecule has 0 bridgehead atoms. The average molecular weight is 1140 g/mol. The minimum Gasteiger partial charge on any atom is -0.356 e. The molecule has 8 heterocycles. The van der Waals surface area contributed by atoms with E-state index in [9.17, 15) is 0 Å². The van der Waals surface area contributed by atoms with Crippen molar-refractivity contribution < 1.29 is 0 Å². The monoisotopic (exact) mass is 1140 g/mol. The Bertz CT molecular complexity index is 4110. The fraction of sp³-hybridized carbons (Fsp3) is 0.116. The maximum atomic E-state index is 4.23. The number of aryl methyl sites for hydroxylation is 7. The summed E-state index contributed by atoms with van der Waals surface area (Å²) in [4.78, 5) is 10.7. The van der Waals surface area contributed by atoms with Crippen LogP contribution in [0.1, 0.15) is 0 Å². The van der Waals surface area contributed by atoms with Gasteiger partial charge in [0.25, 0.3) is 0 Å². The summed E-state index contributed by atoms with van der Waals surface area (Å²) >= 11 is 1.84. The maximum absolute atomic E-state index is 4.23. The number of hydrogen-bond acceptors (Lipinski definition) is 9. The van der Waals surface area contributed by atoms with Gasteiger partial charge in [0.1, 0.15) is 16.6 Å². The molecule has 0 atom stereocenters. The molecule has 9 aromatic carbocycles. The number of benzene rings is 9. The molecule has 15 nitrogen and oxygen atoms in total. The van der Waals surface area contributed by atoms with E-state index < -0.39 is 0 Å². The molecule has 0 amide bonds. The molecular formula is C69H67N15S. The van der Waals surface area contributed by atoms with Gasteiger partial charge in [0.2, 0.25) is 0 Å². The highest BCUT2D eigenvalue weighted by Crippen LogP contribution is 2.46. The van der Waals surface area contributed by atoms with Gasteiger partial charge in [-0.1, -0.05) is 157 Å². The average Bonchev–Trinajstić information content (AvgIpc) is 4.59. The lowest BCUT2D eigenvalue weighted by Gasteiger charge is -2.29. The number of rotatable bonds is 0. The SMILES string of the molecule is CN1c2ccccc2Sc2ccccc21.Cn1cc2ccccc2c1.Cn1cc2ccccc2n1.Cn1ccc2ccccc21.Cn1cnc2ccccc21.Cn1nc2ccccc2n1.Cn1ncc2ccccc21.Cn1nnc2ccccc21.